The third-order valence-electron chi connectivity index (χ3n) is 12.4. The minimum atomic E-state index is -4.59. The lowest BCUT2D eigenvalue weighted by Gasteiger charge is -2.20. The summed E-state index contributed by atoms with van der Waals surface area (Å²) in [6.45, 7) is 4.67. The molecule has 0 radical (unpaired) electrons. The van der Waals surface area contributed by atoms with Gasteiger partial charge in [-0.3, -0.25) is 28.2 Å². The van der Waals surface area contributed by atoms with Gasteiger partial charge in [-0.15, -0.1) is 0 Å². The number of carbonyl (C=O) groups excluding carboxylic acids is 4. The maximum atomic E-state index is 12.8. The Labute approximate surface area is 432 Å². The first-order valence-electron chi connectivity index (χ1n) is 28.5. The number of ketones is 2. The summed E-state index contributed by atoms with van der Waals surface area (Å²) in [5.41, 5.74) is 0. The van der Waals surface area contributed by atoms with Crippen LogP contribution in [-0.2, 0) is 51.4 Å². The smallest absolute Gasteiger partial charge is 0.472 e. The second-order valence-electron chi connectivity index (χ2n) is 19.6. The normalized spacial score (nSPS) is 13.9. The molecule has 0 amide bonds. The summed E-state index contributed by atoms with van der Waals surface area (Å²) in [6, 6.07) is 0. The van der Waals surface area contributed by atoms with Gasteiger partial charge in [-0.1, -0.05) is 167 Å². The van der Waals surface area contributed by atoms with Gasteiger partial charge >= 0.3 is 19.8 Å². The molecule has 13 nitrogen and oxygen atoms in total. The first-order valence-corrected chi connectivity index (χ1v) is 32.0. The molecule has 0 heterocycles. The fraction of sp³-hybridized carbons (Fsp3) is 0.857. The molecule has 0 spiro atoms. The zero-order chi connectivity index (χ0) is 52.4. The summed E-state index contributed by atoms with van der Waals surface area (Å²) in [5, 5.41) is 0. The zero-order valence-electron chi connectivity index (χ0n) is 45.2. The van der Waals surface area contributed by atoms with Crippen LogP contribution >= 0.6 is 15.4 Å². The molecule has 2 unspecified atom stereocenters. The second-order valence-corrected chi connectivity index (χ2v) is 22.8. The topological polar surface area (TPSA) is 192 Å². The van der Waals surface area contributed by atoms with Crippen molar-refractivity contribution < 1.29 is 61.1 Å². The van der Waals surface area contributed by atoms with Crippen molar-refractivity contribution >= 4 is 38.9 Å². The van der Waals surface area contributed by atoms with E-state index in [0.29, 0.717) is 38.5 Å². The molecule has 15 heteroatoms. The first kappa shape index (κ1) is 69.0. The summed E-state index contributed by atoms with van der Waals surface area (Å²) in [4.78, 5) is 71.5. The van der Waals surface area contributed by atoms with Crippen LogP contribution in [0.3, 0.4) is 0 Å². The molecule has 0 aromatic carbocycles. The molecule has 0 aliphatic rings. The van der Waals surface area contributed by atoms with Gasteiger partial charge in [-0.2, -0.15) is 0 Å². The predicted molar refractivity (Wildman–Crippen MR) is 286 cm³/mol. The highest BCUT2D eigenvalue weighted by Crippen LogP contribution is 2.43. The molecule has 0 fully saturated rings. The highest BCUT2D eigenvalue weighted by molar-refractivity contribution is 7.50. The summed E-state index contributed by atoms with van der Waals surface area (Å²) in [5.74, 6) is -0.914. The highest BCUT2D eigenvalue weighted by atomic mass is 31.2. The SMILES string of the molecule is CCCCCCCC/C=C/CCCCCCCCC(=O)O[C@H](COC(=O)CCCCCCC/C=C/CCCCCCCC)COP(=O)(O)OCCCC(=O)CCCC(=O)CCCCCCCOP(C)(=O)[O-]. The van der Waals surface area contributed by atoms with Gasteiger partial charge < -0.3 is 28.3 Å². The van der Waals surface area contributed by atoms with E-state index in [1.807, 2.05) is 0 Å². The number of esters is 2. The Balaban J connectivity index is 4.60. The van der Waals surface area contributed by atoms with Crippen molar-refractivity contribution in [3.8, 4) is 0 Å². The van der Waals surface area contributed by atoms with Gasteiger partial charge in [-0.25, -0.2) is 4.57 Å². The molecule has 0 aromatic rings. The number of rotatable bonds is 55. The Hall–Kier alpha value is -1.98. The van der Waals surface area contributed by atoms with E-state index in [-0.39, 0.29) is 63.5 Å². The van der Waals surface area contributed by atoms with Crippen molar-refractivity contribution in [2.75, 3.05) is 33.1 Å². The zero-order valence-corrected chi connectivity index (χ0v) is 47.0. The standard InChI is InChI=1S/C56H104O13P2/c1-4-6-8-10-12-14-16-18-20-22-24-26-28-30-34-38-47-56(60)69-54(50-65-55(59)46-37-33-29-27-25-23-21-19-17-15-13-11-9-7-5-2)51-68-71(63,64)67-49-41-45-53(58)44-40-43-52(57)42-36-32-31-35-39-48-66-70(3,61)62/h18-21,54H,4-17,22-51H2,1-3H3,(H,61,62)(H,63,64)/p-1/b20-18+,21-19+/t54-/m1/s1. The van der Waals surface area contributed by atoms with Crippen LogP contribution in [0, 0.1) is 0 Å². The maximum absolute atomic E-state index is 12.8. The Morgan fingerprint density at radius 1 is 0.437 bits per heavy atom. The van der Waals surface area contributed by atoms with Gasteiger partial charge in [0.25, 0.3) is 0 Å². The first-order chi connectivity index (χ1) is 34.3. The van der Waals surface area contributed by atoms with E-state index in [1.54, 1.807) is 0 Å². The van der Waals surface area contributed by atoms with Crippen LogP contribution in [0.2, 0.25) is 0 Å². The molecule has 71 heavy (non-hydrogen) atoms. The molecule has 1 N–H and O–H groups in total. The van der Waals surface area contributed by atoms with Crippen molar-refractivity contribution in [1.82, 2.24) is 0 Å². The van der Waals surface area contributed by atoms with Gasteiger partial charge in [0, 0.05) is 45.2 Å². The Bertz CT molecular complexity index is 1450. The molecule has 0 bridgehead atoms. The van der Waals surface area contributed by atoms with Crippen molar-refractivity contribution in [3.63, 3.8) is 0 Å². The maximum Gasteiger partial charge on any atom is 0.472 e. The molecule has 3 atom stereocenters. The van der Waals surface area contributed by atoms with Gasteiger partial charge in [0.15, 0.2) is 6.10 Å². The van der Waals surface area contributed by atoms with E-state index >= 15 is 0 Å². The quantitative estimate of drug-likeness (QED) is 0.0262. The largest absolute Gasteiger partial charge is 0.779 e. The highest BCUT2D eigenvalue weighted by Gasteiger charge is 2.26. The number of Topliss-reactive ketones (excluding diaryl/α,β-unsaturated/α-hetero) is 2. The molecular formula is C56H103O13P2-. The van der Waals surface area contributed by atoms with E-state index in [0.717, 1.165) is 109 Å². The van der Waals surface area contributed by atoms with E-state index in [2.05, 4.69) is 38.2 Å². The number of ether oxygens (including phenoxy) is 2. The molecule has 0 saturated heterocycles. The fourth-order valence-electron chi connectivity index (χ4n) is 8.06. The summed E-state index contributed by atoms with van der Waals surface area (Å²) >= 11 is 0. The van der Waals surface area contributed by atoms with Gasteiger partial charge in [-0.05, 0) is 89.9 Å². The lowest BCUT2D eigenvalue weighted by atomic mass is 10.0. The predicted octanol–water partition coefficient (Wildman–Crippen LogP) is 15.7. The second kappa shape index (κ2) is 50.2. The third kappa shape index (κ3) is 54.1. The van der Waals surface area contributed by atoms with Crippen molar-refractivity contribution in [3.05, 3.63) is 24.3 Å². The summed E-state index contributed by atoms with van der Waals surface area (Å²) in [6.07, 6.45) is 45.3. The van der Waals surface area contributed by atoms with Crippen LogP contribution in [0.5, 0.6) is 0 Å². The molecule has 0 aromatic heterocycles. The number of carbonyl (C=O) groups is 4. The Morgan fingerprint density at radius 3 is 1.27 bits per heavy atom. The number of hydrogen-bond acceptors (Lipinski definition) is 12. The summed E-state index contributed by atoms with van der Waals surface area (Å²) < 4.78 is 49.8. The number of phosphoric ester groups is 1. The van der Waals surface area contributed by atoms with E-state index in [9.17, 15) is 38.1 Å². The van der Waals surface area contributed by atoms with Crippen molar-refractivity contribution in [2.45, 2.75) is 277 Å². The lowest BCUT2D eigenvalue weighted by molar-refractivity contribution is -0.196. The van der Waals surface area contributed by atoms with E-state index in [4.69, 9.17) is 23.0 Å². The minimum absolute atomic E-state index is 0.0793. The van der Waals surface area contributed by atoms with Gasteiger partial charge in [0.1, 0.15) is 25.8 Å². The average molecular weight is 1050 g/mol. The van der Waals surface area contributed by atoms with Gasteiger partial charge in [0.05, 0.1) is 19.8 Å². The van der Waals surface area contributed by atoms with Crippen LogP contribution in [0.1, 0.15) is 271 Å². The fourth-order valence-corrected chi connectivity index (χ4v) is 9.31. The molecular weight excluding hydrogens is 943 g/mol. The Kier molecular flexibility index (Phi) is 48.8. The summed E-state index contributed by atoms with van der Waals surface area (Å²) in [7, 11) is -8.27. The van der Waals surface area contributed by atoms with Crippen LogP contribution in [0.25, 0.3) is 0 Å². The third-order valence-corrected chi connectivity index (χ3v) is 14.0. The molecule has 0 aliphatic heterocycles. The van der Waals surface area contributed by atoms with E-state index < -0.39 is 40.1 Å². The minimum Gasteiger partial charge on any atom is -0.779 e. The van der Waals surface area contributed by atoms with Gasteiger partial charge in [0.2, 0.25) is 0 Å². The number of allylic oxidation sites excluding steroid dienone is 4. The lowest BCUT2D eigenvalue weighted by Crippen LogP contribution is -2.29. The van der Waals surface area contributed by atoms with E-state index in [1.165, 1.54) is 83.5 Å². The van der Waals surface area contributed by atoms with Crippen LogP contribution in [0.4, 0.5) is 0 Å². The Morgan fingerprint density at radius 2 is 0.803 bits per heavy atom. The number of hydrogen-bond donors (Lipinski definition) is 1. The number of unbranched alkanes of at least 4 members (excludes halogenated alkanes) is 27. The molecule has 0 saturated carbocycles. The van der Waals surface area contributed by atoms with Crippen molar-refractivity contribution in [1.29, 1.82) is 0 Å². The monoisotopic (exact) mass is 1050 g/mol. The van der Waals surface area contributed by atoms with Crippen LogP contribution in [0.15, 0.2) is 24.3 Å². The molecule has 0 aliphatic carbocycles. The van der Waals surface area contributed by atoms with Crippen LogP contribution < -0.4 is 4.89 Å². The average Bonchev–Trinajstić information content (AvgIpc) is 3.32. The van der Waals surface area contributed by atoms with Crippen molar-refractivity contribution in [2.24, 2.45) is 0 Å². The molecule has 416 valence electrons. The van der Waals surface area contributed by atoms with Crippen LogP contribution in [-0.4, -0.2) is 67.6 Å². The number of phosphoric acid groups is 1. The molecule has 0 rings (SSSR count).